The summed E-state index contributed by atoms with van der Waals surface area (Å²) in [6, 6.07) is 11.8. The Balaban J connectivity index is 2.20. The molecule has 0 saturated carbocycles. The number of thiazole rings is 1. The van der Waals surface area contributed by atoms with Crippen molar-refractivity contribution in [1.29, 1.82) is 0 Å². The lowest BCUT2D eigenvalue weighted by Crippen LogP contribution is -2.11. The molecule has 0 unspecified atom stereocenters. The number of nitrogen functional groups attached to an aromatic ring is 1. The SMILES string of the molecule is CCCCn1c2ccccc2c(=O)c2c3sc(NN)nc3ccc21. The molecule has 0 amide bonds. The molecule has 2 aromatic heterocycles. The lowest BCUT2D eigenvalue weighted by atomic mass is 10.1. The van der Waals surface area contributed by atoms with Gasteiger partial charge in [-0.1, -0.05) is 36.8 Å². The second-order valence-corrected chi connectivity index (χ2v) is 6.82. The molecule has 0 atom stereocenters. The molecule has 0 aliphatic carbocycles. The van der Waals surface area contributed by atoms with Crippen molar-refractivity contribution in [1.82, 2.24) is 9.55 Å². The molecule has 0 fully saturated rings. The predicted molar refractivity (Wildman–Crippen MR) is 102 cm³/mol. The molecular formula is C18H18N4OS. The van der Waals surface area contributed by atoms with E-state index in [4.69, 9.17) is 5.84 Å². The Hall–Kier alpha value is -2.44. The monoisotopic (exact) mass is 338 g/mol. The number of hydrogen-bond acceptors (Lipinski definition) is 5. The van der Waals surface area contributed by atoms with Crippen molar-refractivity contribution in [3.63, 3.8) is 0 Å². The van der Waals surface area contributed by atoms with Crippen molar-refractivity contribution in [3.05, 3.63) is 46.6 Å². The minimum absolute atomic E-state index is 0.0613. The average molecular weight is 338 g/mol. The van der Waals surface area contributed by atoms with E-state index in [-0.39, 0.29) is 5.43 Å². The zero-order valence-corrected chi connectivity index (χ0v) is 14.2. The van der Waals surface area contributed by atoms with Crippen LogP contribution in [0.15, 0.2) is 41.2 Å². The summed E-state index contributed by atoms with van der Waals surface area (Å²) in [6.45, 7) is 3.06. The molecule has 122 valence electrons. The second kappa shape index (κ2) is 5.89. The lowest BCUT2D eigenvalue weighted by Gasteiger charge is -2.15. The minimum Gasteiger partial charge on any atom is -0.340 e. The van der Waals surface area contributed by atoms with E-state index in [0.717, 1.165) is 51.4 Å². The Morgan fingerprint density at radius 1 is 1.21 bits per heavy atom. The summed E-state index contributed by atoms with van der Waals surface area (Å²) in [5.41, 5.74) is 5.40. The number of aromatic nitrogens is 2. The predicted octanol–water partition coefficient (Wildman–Crippen LogP) is 3.85. The molecule has 0 aliphatic rings. The molecule has 4 aromatic rings. The van der Waals surface area contributed by atoms with Gasteiger partial charge in [0.25, 0.3) is 0 Å². The summed E-state index contributed by atoms with van der Waals surface area (Å²) in [5, 5.41) is 2.11. The van der Waals surface area contributed by atoms with Crippen molar-refractivity contribution in [3.8, 4) is 0 Å². The third kappa shape index (κ3) is 2.18. The molecule has 0 saturated heterocycles. The van der Waals surface area contributed by atoms with Crippen LogP contribution in [0.4, 0.5) is 5.13 Å². The number of pyridine rings is 1. The number of benzene rings is 2. The van der Waals surface area contributed by atoms with Crippen LogP contribution in [-0.4, -0.2) is 9.55 Å². The first-order valence-electron chi connectivity index (χ1n) is 8.06. The molecule has 24 heavy (non-hydrogen) atoms. The van der Waals surface area contributed by atoms with Crippen LogP contribution in [0.5, 0.6) is 0 Å². The molecule has 0 aliphatic heterocycles. The van der Waals surface area contributed by atoms with Gasteiger partial charge in [0.1, 0.15) is 0 Å². The quantitative estimate of drug-likeness (QED) is 0.337. The summed E-state index contributed by atoms with van der Waals surface area (Å²) in [5.74, 6) is 5.50. The summed E-state index contributed by atoms with van der Waals surface area (Å²) < 4.78 is 3.14. The Morgan fingerprint density at radius 2 is 2.04 bits per heavy atom. The normalized spacial score (nSPS) is 11.6. The number of fused-ring (bicyclic) bond motifs is 4. The fourth-order valence-corrected chi connectivity index (χ4v) is 4.12. The first kappa shape index (κ1) is 15.1. The van der Waals surface area contributed by atoms with Crippen molar-refractivity contribution < 1.29 is 0 Å². The third-order valence-corrected chi connectivity index (χ3v) is 5.37. The standard InChI is InChI=1S/C18H18N4OS/c1-2-3-10-22-13-7-5-4-6-11(13)16(23)15-14(22)9-8-12-17(15)24-18(20-12)21-19/h4-9H,2-3,10,19H2,1H3,(H,20,21). The van der Waals surface area contributed by atoms with E-state index < -0.39 is 0 Å². The number of aryl methyl sites for hydroxylation is 1. The van der Waals surface area contributed by atoms with Crippen LogP contribution < -0.4 is 16.7 Å². The molecule has 0 radical (unpaired) electrons. The molecule has 4 rings (SSSR count). The van der Waals surface area contributed by atoms with Crippen LogP contribution >= 0.6 is 11.3 Å². The second-order valence-electron chi connectivity index (χ2n) is 5.82. The fraction of sp³-hybridized carbons (Fsp3) is 0.222. The highest BCUT2D eigenvalue weighted by molar-refractivity contribution is 7.23. The number of para-hydroxylation sites is 1. The highest BCUT2D eigenvalue weighted by atomic mass is 32.1. The zero-order valence-electron chi connectivity index (χ0n) is 13.4. The average Bonchev–Trinajstić information content (AvgIpc) is 3.04. The number of hydrazine groups is 1. The minimum atomic E-state index is 0.0613. The summed E-state index contributed by atoms with van der Waals surface area (Å²) >= 11 is 1.42. The van der Waals surface area contributed by atoms with Gasteiger partial charge in [0.15, 0.2) is 10.6 Å². The zero-order chi connectivity index (χ0) is 16.7. The number of hydrogen-bond donors (Lipinski definition) is 2. The van der Waals surface area contributed by atoms with E-state index in [0.29, 0.717) is 5.13 Å². The van der Waals surface area contributed by atoms with Gasteiger partial charge in [-0.25, -0.2) is 10.8 Å². The molecule has 6 heteroatoms. The molecular weight excluding hydrogens is 320 g/mol. The number of nitrogens with one attached hydrogen (secondary N) is 1. The van der Waals surface area contributed by atoms with Crippen molar-refractivity contribution in [2.75, 3.05) is 5.43 Å². The number of rotatable bonds is 4. The van der Waals surface area contributed by atoms with Crippen LogP contribution in [0, 0.1) is 0 Å². The van der Waals surface area contributed by atoms with Crippen LogP contribution in [0.25, 0.3) is 32.0 Å². The topological polar surface area (TPSA) is 72.9 Å². The first-order chi connectivity index (χ1) is 11.7. The largest absolute Gasteiger partial charge is 0.340 e. The summed E-state index contributed by atoms with van der Waals surface area (Å²) in [7, 11) is 0. The van der Waals surface area contributed by atoms with E-state index in [1.165, 1.54) is 11.3 Å². The molecule has 0 spiro atoms. The highest BCUT2D eigenvalue weighted by Crippen LogP contribution is 2.32. The fourth-order valence-electron chi connectivity index (χ4n) is 3.21. The molecule has 2 aromatic carbocycles. The Bertz CT molecular complexity index is 1110. The Morgan fingerprint density at radius 3 is 2.83 bits per heavy atom. The number of nitrogens with two attached hydrogens (primary N) is 1. The van der Waals surface area contributed by atoms with Gasteiger partial charge in [-0.15, -0.1) is 0 Å². The van der Waals surface area contributed by atoms with E-state index >= 15 is 0 Å². The summed E-state index contributed by atoms with van der Waals surface area (Å²) in [6.07, 6.45) is 2.17. The summed E-state index contributed by atoms with van der Waals surface area (Å²) in [4.78, 5) is 17.6. The maximum atomic E-state index is 13.1. The van der Waals surface area contributed by atoms with Gasteiger partial charge in [0, 0.05) is 11.9 Å². The van der Waals surface area contributed by atoms with Crippen molar-refractivity contribution >= 4 is 48.5 Å². The number of unbranched alkanes of at least 4 members (excludes halogenated alkanes) is 1. The van der Waals surface area contributed by atoms with Crippen LogP contribution in [0.3, 0.4) is 0 Å². The van der Waals surface area contributed by atoms with Crippen molar-refractivity contribution in [2.45, 2.75) is 26.3 Å². The van der Waals surface area contributed by atoms with Crippen molar-refractivity contribution in [2.24, 2.45) is 5.84 Å². The van der Waals surface area contributed by atoms with E-state index in [1.807, 2.05) is 36.4 Å². The molecule has 5 nitrogen and oxygen atoms in total. The third-order valence-electron chi connectivity index (χ3n) is 4.35. The van der Waals surface area contributed by atoms with Gasteiger partial charge in [-0.05, 0) is 30.7 Å². The molecule has 0 bridgehead atoms. The van der Waals surface area contributed by atoms with Crippen LogP contribution in [0.1, 0.15) is 19.8 Å². The van der Waals surface area contributed by atoms with Gasteiger partial charge < -0.3 is 4.57 Å². The maximum absolute atomic E-state index is 13.1. The maximum Gasteiger partial charge on any atom is 0.198 e. The molecule has 2 heterocycles. The van der Waals surface area contributed by atoms with E-state index in [1.54, 1.807) is 0 Å². The Kier molecular flexibility index (Phi) is 3.70. The lowest BCUT2D eigenvalue weighted by molar-refractivity contribution is 0.662. The van der Waals surface area contributed by atoms with Gasteiger partial charge in [0.2, 0.25) is 0 Å². The number of nitrogens with zero attached hydrogens (tertiary/aromatic N) is 2. The smallest absolute Gasteiger partial charge is 0.198 e. The van der Waals surface area contributed by atoms with Gasteiger partial charge in [0.05, 0.1) is 26.6 Å². The van der Waals surface area contributed by atoms with Gasteiger partial charge >= 0.3 is 0 Å². The highest BCUT2D eigenvalue weighted by Gasteiger charge is 2.15. The van der Waals surface area contributed by atoms with E-state index in [9.17, 15) is 4.79 Å². The Labute approximate surface area is 142 Å². The van der Waals surface area contributed by atoms with Crippen LogP contribution in [0.2, 0.25) is 0 Å². The van der Waals surface area contributed by atoms with Gasteiger partial charge in [-0.3, -0.25) is 10.2 Å². The first-order valence-corrected chi connectivity index (χ1v) is 8.87. The van der Waals surface area contributed by atoms with Crippen LogP contribution in [-0.2, 0) is 6.54 Å². The molecule has 3 N–H and O–H groups in total. The van der Waals surface area contributed by atoms with E-state index in [2.05, 4.69) is 21.9 Å². The number of anilines is 1. The van der Waals surface area contributed by atoms with Gasteiger partial charge in [-0.2, -0.15) is 0 Å².